The summed E-state index contributed by atoms with van der Waals surface area (Å²) in [5, 5.41) is 0. The lowest BCUT2D eigenvalue weighted by atomic mass is 10.1. The highest BCUT2D eigenvalue weighted by Gasteiger charge is 2.26. The Morgan fingerprint density at radius 1 is 0.400 bits per heavy atom. The van der Waals surface area contributed by atoms with E-state index in [1.165, 1.54) is 0 Å². The SMILES string of the molecule is CC/C=C\C/C=C\C/C=C\C/C=C\C/C=C\C/C=C\C/C=C\C/C=C\C/C=C\C/C=C\CCCCCCC(=O)OC(COC(=O)CCCCC/C=C\C/C=C\C/C=C\C/C=C\C/C=C\CC)COP(=O)(O)OCCN. The van der Waals surface area contributed by atoms with Gasteiger partial charge >= 0.3 is 19.8 Å². The topological polar surface area (TPSA) is 134 Å². The molecule has 0 bridgehead atoms. The Morgan fingerprint density at radius 3 is 1.03 bits per heavy atom. The Kier molecular flexibility index (Phi) is 54.6. The predicted octanol–water partition coefficient (Wildman–Crippen LogP) is 18.1. The summed E-state index contributed by atoms with van der Waals surface area (Å²) in [5.74, 6) is -0.914. The average molecular weight is 1050 g/mol. The fraction of sp³-hybridized carbons (Fsp3) is 0.508. The first-order valence-corrected chi connectivity index (χ1v) is 29.8. The number of nitrogens with two attached hydrogens (primary N) is 1. The molecule has 9 nitrogen and oxygen atoms in total. The van der Waals surface area contributed by atoms with E-state index >= 15 is 0 Å². The van der Waals surface area contributed by atoms with Crippen LogP contribution in [0.1, 0.15) is 181 Å². The highest BCUT2D eigenvalue weighted by Crippen LogP contribution is 2.43. The van der Waals surface area contributed by atoms with Crippen molar-refractivity contribution in [3.63, 3.8) is 0 Å². The number of esters is 2. The van der Waals surface area contributed by atoms with Gasteiger partial charge in [-0.15, -0.1) is 0 Å². The fourth-order valence-electron chi connectivity index (χ4n) is 6.69. The van der Waals surface area contributed by atoms with Gasteiger partial charge in [0.05, 0.1) is 13.2 Å². The van der Waals surface area contributed by atoms with Crippen molar-refractivity contribution in [3.05, 3.63) is 182 Å². The Morgan fingerprint density at radius 2 is 0.693 bits per heavy atom. The number of unbranched alkanes of at least 4 members (excludes halogenated alkanes) is 7. The maximum atomic E-state index is 12.7. The lowest BCUT2D eigenvalue weighted by Crippen LogP contribution is -2.29. The summed E-state index contributed by atoms with van der Waals surface area (Å²) in [7, 11) is -4.42. The number of allylic oxidation sites excluding steroid dienone is 30. The molecule has 0 saturated carbocycles. The first-order valence-electron chi connectivity index (χ1n) is 28.3. The van der Waals surface area contributed by atoms with Crippen LogP contribution < -0.4 is 5.73 Å². The molecule has 0 rings (SSSR count). The van der Waals surface area contributed by atoms with Crippen LogP contribution in [-0.4, -0.2) is 49.3 Å². The van der Waals surface area contributed by atoms with Gasteiger partial charge < -0.3 is 20.1 Å². The largest absolute Gasteiger partial charge is 0.472 e. The molecule has 0 aliphatic rings. The second kappa shape index (κ2) is 58.4. The zero-order chi connectivity index (χ0) is 54.5. The third kappa shape index (κ3) is 58.2. The van der Waals surface area contributed by atoms with Crippen LogP contribution in [0, 0.1) is 0 Å². The van der Waals surface area contributed by atoms with Gasteiger partial charge in [0.1, 0.15) is 6.61 Å². The van der Waals surface area contributed by atoms with E-state index in [4.69, 9.17) is 24.3 Å². The number of rotatable bonds is 50. The van der Waals surface area contributed by atoms with E-state index in [2.05, 4.69) is 196 Å². The fourth-order valence-corrected chi connectivity index (χ4v) is 7.45. The van der Waals surface area contributed by atoms with Crippen LogP contribution in [0.2, 0.25) is 0 Å². The maximum absolute atomic E-state index is 12.7. The van der Waals surface area contributed by atoms with Crippen molar-refractivity contribution < 1.29 is 37.6 Å². The second-order valence-corrected chi connectivity index (χ2v) is 19.1. The molecule has 3 N–H and O–H groups in total. The second-order valence-electron chi connectivity index (χ2n) is 17.7. The molecule has 418 valence electrons. The van der Waals surface area contributed by atoms with Gasteiger partial charge in [-0.05, 0) is 135 Å². The first kappa shape index (κ1) is 70.1. The zero-order valence-corrected chi connectivity index (χ0v) is 47.3. The van der Waals surface area contributed by atoms with Crippen LogP contribution in [0.5, 0.6) is 0 Å². The minimum absolute atomic E-state index is 0.0329. The summed E-state index contributed by atoms with van der Waals surface area (Å²) in [6.45, 7) is 3.40. The Bertz CT molecular complexity index is 1870. The van der Waals surface area contributed by atoms with Crippen molar-refractivity contribution in [2.45, 2.75) is 187 Å². The van der Waals surface area contributed by atoms with Gasteiger partial charge in [-0.25, -0.2) is 4.57 Å². The quantitative estimate of drug-likeness (QED) is 0.0264. The van der Waals surface area contributed by atoms with Gasteiger partial charge in [-0.1, -0.05) is 215 Å². The highest BCUT2D eigenvalue weighted by molar-refractivity contribution is 7.47. The van der Waals surface area contributed by atoms with E-state index in [0.717, 1.165) is 141 Å². The molecule has 0 aromatic rings. The molecule has 0 spiro atoms. The van der Waals surface area contributed by atoms with Crippen LogP contribution in [0.25, 0.3) is 0 Å². The number of hydrogen-bond donors (Lipinski definition) is 2. The van der Waals surface area contributed by atoms with E-state index in [0.29, 0.717) is 12.8 Å². The number of phosphoric acid groups is 1. The lowest BCUT2D eigenvalue weighted by molar-refractivity contribution is -0.161. The van der Waals surface area contributed by atoms with Gasteiger partial charge in [-0.2, -0.15) is 0 Å². The monoisotopic (exact) mass is 1050 g/mol. The molecule has 0 saturated heterocycles. The minimum Gasteiger partial charge on any atom is -0.462 e. The number of phosphoric ester groups is 1. The number of ether oxygens (including phenoxy) is 2. The predicted molar refractivity (Wildman–Crippen MR) is 320 cm³/mol. The third-order valence-electron chi connectivity index (χ3n) is 10.8. The van der Waals surface area contributed by atoms with Gasteiger partial charge in [0.15, 0.2) is 6.10 Å². The summed E-state index contributed by atoms with van der Waals surface area (Å²) in [5.41, 5.74) is 5.37. The molecule has 0 amide bonds. The molecule has 2 unspecified atom stereocenters. The van der Waals surface area contributed by atoms with Crippen LogP contribution in [-0.2, 0) is 32.7 Å². The van der Waals surface area contributed by atoms with E-state index in [1.54, 1.807) is 0 Å². The number of carbonyl (C=O) groups is 2. The number of hydrogen-bond acceptors (Lipinski definition) is 8. The van der Waals surface area contributed by atoms with Crippen molar-refractivity contribution in [2.75, 3.05) is 26.4 Å². The van der Waals surface area contributed by atoms with Crippen molar-refractivity contribution in [2.24, 2.45) is 5.73 Å². The molecular formula is C65H100NO8P. The van der Waals surface area contributed by atoms with Crippen molar-refractivity contribution in [1.29, 1.82) is 0 Å². The summed E-state index contributed by atoms with van der Waals surface area (Å²) in [4.78, 5) is 35.1. The summed E-state index contributed by atoms with van der Waals surface area (Å²) in [6.07, 6.45) is 88.0. The molecule has 0 aliphatic heterocycles. The van der Waals surface area contributed by atoms with Crippen molar-refractivity contribution in [3.8, 4) is 0 Å². The molecule has 2 atom stereocenters. The van der Waals surface area contributed by atoms with Gasteiger partial charge in [-0.3, -0.25) is 18.6 Å². The lowest BCUT2D eigenvalue weighted by Gasteiger charge is -2.19. The zero-order valence-electron chi connectivity index (χ0n) is 46.4. The molecular weight excluding hydrogens is 954 g/mol. The smallest absolute Gasteiger partial charge is 0.462 e. The number of carbonyl (C=O) groups excluding carboxylic acids is 2. The normalized spacial score (nSPS) is 14.5. The molecule has 0 aromatic heterocycles. The standard InChI is InChI=1S/C65H100NO8P/c1-3-5-7-9-11-13-15-17-19-21-23-24-25-26-27-28-29-30-31-32-33-34-35-36-37-38-40-42-44-46-48-50-52-54-56-58-65(68)74-63(62-73-75(69,70)72-60-59-66)61-71-64(67)57-55-53-51-49-47-45-43-41-39-22-20-18-16-14-12-10-8-6-4-2/h5-8,11-14,17-20,23-24,26-27,29-30,32-33,35-36,38-41,44-47,63H,3-4,9-10,15-16,21-22,25,28,31,34,37,42-43,48-62,66H2,1-2H3,(H,69,70)/b7-5-,8-6-,13-11-,14-12-,19-17-,20-18-,24-23-,27-26-,30-29-,33-32-,36-35-,40-38-,41-39-,46-44-,47-45-. The van der Waals surface area contributed by atoms with E-state index in [-0.39, 0.29) is 32.6 Å². The molecule has 75 heavy (non-hydrogen) atoms. The summed E-state index contributed by atoms with van der Waals surface area (Å²) in [6, 6.07) is 0. The van der Waals surface area contributed by atoms with Crippen LogP contribution >= 0.6 is 7.82 Å². The van der Waals surface area contributed by atoms with E-state index < -0.39 is 32.5 Å². The van der Waals surface area contributed by atoms with Gasteiger partial charge in [0.2, 0.25) is 0 Å². The van der Waals surface area contributed by atoms with Crippen LogP contribution in [0.15, 0.2) is 182 Å². The first-order chi connectivity index (χ1) is 36.8. The maximum Gasteiger partial charge on any atom is 0.472 e. The van der Waals surface area contributed by atoms with E-state index in [1.807, 2.05) is 0 Å². The van der Waals surface area contributed by atoms with Crippen molar-refractivity contribution >= 4 is 19.8 Å². The highest BCUT2D eigenvalue weighted by atomic mass is 31.2. The van der Waals surface area contributed by atoms with Gasteiger partial charge in [0, 0.05) is 19.4 Å². The third-order valence-corrected chi connectivity index (χ3v) is 11.8. The van der Waals surface area contributed by atoms with Crippen molar-refractivity contribution in [1.82, 2.24) is 0 Å². The van der Waals surface area contributed by atoms with Crippen LogP contribution in [0.4, 0.5) is 0 Å². The molecule has 10 heteroatoms. The van der Waals surface area contributed by atoms with Crippen LogP contribution in [0.3, 0.4) is 0 Å². The molecule has 0 fully saturated rings. The Balaban J connectivity index is 4.17. The Hall–Kier alpha value is -4.89. The molecule has 0 heterocycles. The minimum atomic E-state index is -4.42. The van der Waals surface area contributed by atoms with Gasteiger partial charge in [0.25, 0.3) is 0 Å². The average Bonchev–Trinajstić information content (AvgIpc) is 3.40. The molecule has 0 radical (unpaired) electrons. The molecule has 0 aliphatic carbocycles. The Labute approximate surface area is 456 Å². The van der Waals surface area contributed by atoms with E-state index in [9.17, 15) is 19.0 Å². The molecule has 0 aromatic carbocycles. The summed E-state index contributed by atoms with van der Waals surface area (Å²) >= 11 is 0. The summed E-state index contributed by atoms with van der Waals surface area (Å²) < 4.78 is 32.9.